The maximum Gasteiger partial charge on any atom is 0.254 e. The van der Waals surface area contributed by atoms with E-state index in [9.17, 15) is 19.2 Å². The van der Waals surface area contributed by atoms with Crippen LogP contribution in [0.2, 0.25) is 0 Å². The first kappa shape index (κ1) is 17.6. The van der Waals surface area contributed by atoms with Crippen molar-refractivity contribution in [2.75, 3.05) is 5.32 Å². The van der Waals surface area contributed by atoms with Gasteiger partial charge in [0.05, 0.1) is 18.0 Å². The van der Waals surface area contributed by atoms with Gasteiger partial charge in [0.25, 0.3) is 5.91 Å². The Kier molecular flexibility index (Phi) is 4.71. The van der Waals surface area contributed by atoms with E-state index in [4.69, 9.17) is 5.73 Å². The van der Waals surface area contributed by atoms with Crippen LogP contribution in [-0.4, -0.2) is 21.5 Å². The molecule has 3 rings (SSSR count). The largest absolute Gasteiger partial charge is 0.365 e. The molecule has 1 aliphatic rings. The predicted octanol–water partition coefficient (Wildman–Crippen LogP) is 2.61. The summed E-state index contributed by atoms with van der Waals surface area (Å²) in [4.78, 5) is 23.6. The zero-order chi connectivity index (χ0) is 18.8. The van der Waals surface area contributed by atoms with E-state index >= 15 is 0 Å². The Labute approximate surface area is 149 Å². The number of anilines is 2. The fourth-order valence-corrected chi connectivity index (χ4v) is 3.11. The number of benzene rings is 1. The molecule has 1 aromatic heterocycles. The Morgan fingerprint density at radius 3 is 2.92 bits per heavy atom. The van der Waals surface area contributed by atoms with E-state index in [2.05, 4.69) is 16.5 Å². The van der Waals surface area contributed by atoms with Gasteiger partial charge in [-0.15, -0.1) is 0 Å². The van der Waals surface area contributed by atoms with Crippen molar-refractivity contribution >= 4 is 23.2 Å². The van der Waals surface area contributed by atoms with Crippen molar-refractivity contribution in [1.29, 1.82) is 5.26 Å². The van der Waals surface area contributed by atoms with E-state index in [0.717, 1.165) is 0 Å². The summed E-state index contributed by atoms with van der Waals surface area (Å²) in [7, 11) is 0. The molecule has 1 saturated carbocycles. The molecule has 8 heteroatoms. The van der Waals surface area contributed by atoms with Crippen molar-refractivity contribution in [2.45, 2.75) is 32.2 Å². The van der Waals surface area contributed by atoms with Crippen LogP contribution in [0.15, 0.2) is 24.4 Å². The van der Waals surface area contributed by atoms with Gasteiger partial charge in [-0.3, -0.25) is 14.3 Å². The third kappa shape index (κ3) is 3.42. The smallest absolute Gasteiger partial charge is 0.254 e. The molecule has 0 radical (unpaired) electrons. The number of primary amides is 1. The van der Waals surface area contributed by atoms with E-state index in [1.165, 1.54) is 23.0 Å². The number of hydrogen-bond donors (Lipinski definition) is 2. The van der Waals surface area contributed by atoms with Crippen LogP contribution in [0.3, 0.4) is 0 Å². The highest BCUT2D eigenvalue weighted by atomic mass is 19.1. The highest BCUT2D eigenvalue weighted by molar-refractivity contribution is 5.98. The quantitative estimate of drug-likeness (QED) is 0.875. The lowest BCUT2D eigenvalue weighted by Gasteiger charge is -2.26. The Morgan fingerprint density at radius 2 is 2.27 bits per heavy atom. The first-order valence-electron chi connectivity index (χ1n) is 8.22. The average molecular weight is 355 g/mol. The van der Waals surface area contributed by atoms with Gasteiger partial charge in [-0.1, -0.05) is 0 Å². The fraction of sp³-hybridized carbons (Fsp3) is 0.333. The first-order chi connectivity index (χ1) is 12.4. The highest BCUT2D eigenvalue weighted by Crippen LogP contribution is 2.33. The van der Waals surface area contributed by atoms with Crippen LogP contribution < -0.4 is 11.1 Å². The molecule has 2 unspecified atom stereocenters. The molecular formula is C18H18FN5O2. The molecule has 1 aliphatic carbocycles. The summed E-state index contributed by atoms with van der Waals surface area (Å²) in [6, 6.07) is 6.18. The monoisotopic (exact) mass is 355 g/mol. The fourth-order valence-electron chi connectivity index (χ4n) is 3.11. The number of ketones is 1. The molecule has 3 N–H and O–H groups in total. The van der Waals surface area contributed by atoms with Crippen molar-refractivity contribution in [3.8, 4) is 6.07 Å². The molecule has 1 amide bonds. The lowest BCUT2D eigenvalue weighted by molar-refractivity contribution is -0.122. The van der Waals surface area contributed by atoms with E-state index < -0.39 is 11.9 Å². The molecule has 7 nitrogen and oxygen atoms in total. The zero-order valence-electron chi connectivity index (χ0n) is 14.2. The minimum atomic E-state index is -0.687. The van der Waals surface area contributed by atoms with Crippen LogP contribution in [0.25, 0.3) is 0 Å². The van der Waals surface area contributed by atoms with Gasteiger partial charge in [0.1, 0.15) is 17.2 Å². The number of nitrogens with one attached hydrogen (secondary N) is 1. The molecular weight excluding hydrogens is 337 g/mol. The second kappa shape index (κ2) is 6.96. The summed E-state index contributed by atoms with van der Waals surface area (Å²) in [5.41, 5.74) is 6.57. The second-order valence-electron chi connectivity index (χ2n) is 6.41. The van der Waals surface area contributed by atoms with Crippen LogP contribution in [0, 0.1) is 30.0 Å². The summed E-state index contributed by atoms with van der Waals surface area (Å²) in [6.45, 7) is 1.62. The Hall–Kier alpha value is -3.21. The number of halogens is 1. The molecule has 2 atom stereocenters. The molecule has 0 bridgehead atoms. The van der Waals surface area contributed by atoms with Crippen LogP contribution in [0.4, 0.5) is 15.9 Å². The lowest BCUT2D eigenvalue weighted by atomic mass is 9.85. The molecule has 0 aliphatic heterocycles. The Balaban J connectivity index is 1.95. The third-order valence-corrected chi connectivity index (χ3v) is 4.56. The molecule has 0 saturated heterocycles. The topological polar surface area (TPSA) is 114 Å². The third-order valence-electron chi connectivity index (χ3n) is 4.56. The van der Waals surface area contributed by atoms with Gasteiger partial charge in [-0.2, -0.15) is 10.4 Å². The number of amides is 1. The lowest BCUT2D eigenvalue weighted by Crippen LogP contribution is -2.27. The maximum atomic E-state index is 13.4. The van der Waals surface area contributed by atoms with Crippen molar-refractivity contribution < 1.29 is 14.0 Å². The maximum absolute atomic E-state index is 13.4. The van der Waals surface area contributed by atoms with Crippen LogP contribution in [0.5, 0.6) is 0 Å². The molecule has 1 aromatic carbocycles. The van der Waals surface area contributed by atoms with Gasteiger partial charge in [0, 0.05) is 24.7 Å². The number of carbonyl (C=O) groups excluding carboxylic acids is 2. The predicted molar refractivity (Wildman–Crippen MR) is 92.2 cm³/mol. The van der Waals surface area contributed by atoms with Gasteiger partial charge in [0.2, 0.25) is 0 Å². The minimum Gasteiger partial charge on any atom is -0.365 e. The van der Waals surface area contributed by atoms with Crippen LogP contribution in [-0.2, 0) is 4.79 Å². The normalized spacial score (nSPS) is 19.8. The molecule has 134 valence electrons. The van der Waals surface area contributed by atoms with Gasteiger partial charge in [-0.25, -0.2) is 4.39 Å². The number of Topliss-reactive ketones (excluding diaryl/α,β-unsaturated/α-hetero) is 1. The Morgan fingerprint density at radius 1 is 1.50 bits per heavy atom. The van der Waals surface area contributed by atoms with E-state index in [1.807, 2.05) is 0 Å². The number of carbonyl (C=O) groups is 2. The minimum absolute atomic E-state index is 0.0568. The molecule has 1 heterocycles. The SMILES string of the molecule is Cc1cc(Nc2nn(C3CC(=O)CCC3C#N)cc2C(N)=O)ccc1F. The average Bonchev–Trinajstić information content (AvgIpc) is 3.02. The van der Waals surface area contributed by atoms with Crippen LogP contribution in [0.1, 0.15) is 41.2 Å². The van der Waals surface area contributed by atoms with Crippen molar-refractivity contribution in [3.05, 3.63) is 41.3 Å². The number of hydrogen-bond acceptors (Lipinski definition) is 5. The standard InChI is InChI=1S/C18H18FN5O2/c1-10-6-12(3-5-15(10)19)22-18-14(17(21)26)9-24(23-18)16-7-13(25)4-2-11(16)8-20/h3,5-6,9,11,16H,2,4,7H2,1H3,(H2,21,26)(H,22,23). The summed E-state index contributed by atoms with van der Waals surface area (Å²) in [6.07, 6.45) is 2.48. The molecule has 26 heavy (non-hydrogen) atoms. The summed E-state index contributed by atoms with van der Waals surface area (Å²) < 4.78 is 14.9. The van der Waals surface area contributed by atoms with Gasteiger partial charge < -0.3 is 11.1 Å². The number of nitrogens with two attached hydrogens (primary N) is 1. The van der Waals surface area contributed by atoms with Gasteiger partial charge >= 0.3 is 0 Å². The number of nitriles is 1. The van der Waals surface area contributed by atoms with E-state index in [1.54, 1.807) is 13.0 Å². The van der Waals surface area contributed by atoms with Crippen molar-refractivity contribution in [2.24, 2.45) is 11.7 Å². The second-order valence-corrected chi connectivity index (χ2v) is 6.41. The van der Waals surface area contributed by atoms with E-state index in [-0.39, 0.29) is 35.3 Å². The van der Waals surface area contributed by atoms with Crippen LogP contribution >= 0.6 is 0 Å². The number of aryl methyl sites for hydroxylation is 1. The van der Waals surface area contributed by atoms with Crippen molar-refractivity contribution in [1.82, 2.24) is 9.78 Å². The number of aromatic nitrogens is 2. The first-order valence-corrected chi connectivity index (χ1v) is 8.22. The molecule has 0 spiro atoms. The molecule has 2 aromatic rings. The summed E-state index contributed by atoms with van der Waals surface area (Å²) >= 11 is 0. The number of nitrogens with zero attached hydrogens (tertiary/aromatic N) is 3. The molecule has 1 fully saturated rings. The van der Waals surface area contributed by atoms with Gasteiger partial charge in [-0.05, 0) is 37.1 Å². The number of rotatable bonds is 4. The Bertz CT molecular complexity index is 915. The summed E-state index contributed by atoms with van der Waals surface area (Å²) in [5, 5.41) is 16.6. The highest BCUT2D eigenvalue weighted by Gasteiger charge is 2.32. The zero-order valence-corrected chi connectivity index (χ0v) is 14.2. The van der Waals surface area contributed by atoms with Crippen molar-refractivity contribution in [3.63, 3.8) is 0 Å². The van der Waals surface area contributed by atoms with Gasteiger partial charge in [0.15, 0.2) is 5.82 Å². The summed E-state index contributed by atoms with van der Waals surface area (Å²) in [5.74, 6) is -1.13. The van der Waals surface area contributed by atoms with E-state index in [0.29, 0.717) is 24.1 Å².